The van der Waals surface area contributed by atoms with Gasteiger partial charge in [0, 0.05) is 42.6 Å². The molecule has 8 heteroatoms. The van der Waals surface area contributed by atoms with Crippen molar-refractivity contribution in [2.45, 2.75) is 44.4 Å². The van der Waals surface area contributed by atoms with Crippen LogP contribution in [0.4, 0.5) is 5.13 Å². The van der Waals surface area contributed by atoms with Crippen molar-refractivity contribution in [3.05, 3.63) is 29.1 Å². The minimum absolute atomic E-state index is 0.194. The minimum atomic E-state index is -0.340. The number of amides is 2. The van der Waals surface area contributed by atoms with Gasteiger partial charge in [-0.15, -0.1) is 11.3 Å². The number of nitrogens with one attached hydrogen (secondary N) is 1. The highest BCUT2D eigenvalue weighted by Gasteiger charge is 2.31. The number of carbonyl (C=O) groups excluding carboxylic acids is 2. The highest BCUT2D eigenvalue weighted by molar-refractivity contribution is 7.13. The average Bonchev–Trinajstić information content (AvgIpc) is 3.42. The van der Waals surface area contributed by atoms with Crippen LogP contribution < -0.4 is 5.32 Å². The van der Waals surface area contributed by atoms with E-state index in [1.807, 2.05) is 4.90 Å². The van der Waals surface area contributed by atoms with Gasteiger partial charge in [0.1, 0.15) is 0 Å². The topological polar surface area (TPSA) is 88.3 Å². The Bertz CT molecular complexity index is 759. The summed E-state index contributed by atoms with van der Waals surface area (Å²) in [6.45, 7) is 1.51. The lowest BCUT2D eigenvalue weighted by atomic mass is 9.92. The van der Waals surface area contributed by atoms with Crippen molar-refractivity contribution in [1.82, 2.24) is 15.0 Å². The molecular formula is C18H22N4O3S. The molecule has 0 bridgehead atoms. The van der Waals surface area contributed by atoms with Crippen LogP contribution in [0.1, 0.15) is 60.7 Å². The van der Waals surface area contributed by atoms with Gasteiger partial charge in [-0.05, 0) is 25.7 Å². The molecule has 4 rings (SSSR count). The molecule has 2 aromatic rings. The summed E-state index contributed by atoms with van der Waals surface area (Å²) in [6, 6.07) is 1.71. The van der Waals surface area contributed by atoms with E-state index < -0.39 is 0 Å². The van der Waals surface area contributed by atoms with E-state index in [-0.39, 0.29) is 23.5 Å². The molecule has 0 spiro atoms. The maximum absolute atomic E-state index is 12.5. The maximum Gasteiger partial charge on any atom is 0.296 e. The molecule has 0 aromatic carbocycles. The number of hydrogen-bond donors (Lipinski definition) is 1. The Hall–Kier alpha value is -2.22. The molecule has 2 amide bonds. The van der Waals surface area contributed by atoms with Crippen LogP contribution in [-0.2, 0) is 4.79 Å². The van der Waals surface area contributed by atoms with Crippen molar-refractivity contribution < 1.29 is 14.1 Å². The number of carbonyl (C=O) groups is 2. The van der Waals surface area contributed by atoms with Gasteiger partial charge in [0.15, 0.2) is 5.13 Å². The molecule has 138 valence electrons. The van der Waals surface area contributed by atoms with Gasteiger partial charge in [0.2, 0.25) is 11.7 Å². The molecule has 2 aliphatic rings. The molecule has 1 saturated heterocycles. The van der Waals surface area contributed by atoms with E-state index in [9.17, 15) is 9.59 Å². The third kappa shape index (κ3) is 3.65. The first-order valence-corrected chi connectivity index (χ1v) is 10.0. The largest absolute Gasteiger partial charge is 0.351 e. The van der Waals surface area contributed by atoms with Crippen molar-refractivity contribution in [2.75, 3.05) is 18.4 Å². The molecule has 0 atom stereocenters. The smallest absolute Gasteiger partial charge is 0.296 e. The number of likely N-dealkylation sites (tertiary alicyclic amines) is 1. The fraction of sp³-hybridized carbons (Fsp3) is 0.556. The number of nitrogens with zero attached hydrogens (tertiary/aromatic N) is 3. The standard InChI is InChI=1S/C18H22N4O3S/c23-16(20-18-19-7-10-26-18)15-11-14(21-25-15)12-5-8-22(9-6-12)17(24)13-3-1-2-4-13/h7,10-13H,1-6,8-9H2,(H,19,20,23). The highest BCUT2D eigenvalue weighted by atomic mass is 32.1. The highest BCUT2D eigenvalue weighted by Crippen LogP contribution is 2.31. The summed E-state index contributed by atoms with van der Waals surface area (Å²) in [5.74, 6) is 0.643. The van der Waals surface area contributed by atoms with E-state index in [0.717, 1.165) is 44.5 Å². The average molecular weight is 374 g/mol. The molecule has 1 aliphatic heterocycles. The fourth-order valence-corrected chi connectivity index (χ4v) is 4.38. The normalized spacial score (nSPS) is 19.0. The Morgan fingerprint density at radius 2 is 1.96 bits per heavy atom. The Kier molecular flexibility index (Phi) is 5.01. The van der Waals surface area contributed by atoms with Gasteiger partial charge in [-0.25, -0.2) is 4.98 Å². The Morgan fingerprint density at radius 3 is 2.65 bits per heavy atom. The van der Waals surface area contributed by atoms with Crippen molar-refractivity contribution in [1.29, 1.82) is 0 Å². The van der Waals surface area contributed by atoms with Crippen LogP contribution >= 0.6 is 11.3 Å². The number of hydrogen-bond acceptors (Lipinski definition) is 6. The second kappa shape index (κ2) is 7.57. The zero-order valence-electron chi connectivity index (χ0n) is 14.5. The van der Waals surface area contributed by atoms with E-state index in [2.05, 4.69) is 15.5 Å². The first-order chi connectivity index (χ1) is 12.7. The van der Waals surface area contributed by atoms with E-state index >= 15 is 0 Å². The molecule has 0 radical (unpaired) electrons. The number of anilines is 1. The van der Waals surface area contributed by atoms with Crippen LogP contribution in [0.5, 0.6) is 0 Å². The molecular weight excluding hydrogens is 352 g/mol. The van der Waals surface area contributed by atoms with Crippen LogP contribution in [0.25, 0.3) is 0 Å². The second-order valence-electron chi connectivity index (χ2n) is 6.99. The summed E-state index contributed by atoms with van der Waals surface area (Å²) in [5.41, 5.74) is 0.794. The van der Waals surface area contributed by atoms with E-state index in [1.54, 1.807) is 17.6 Å². The van der Waals surface area contributed by atoms with Crippen molar-refractivity contribution in [3.63, 3.8) is 0 Å². The SMILES string of the molecule is O=C(Nc1nccs1)c1cc(C2CCN(C(=O)C3CCCC3)CC2)no1. The third-order valence-corrected chi connectivity index (χ3v) is 6.02. The monoisotopic (exact) mass is 374 g/mol. The maximum atomic E-state index is 12.5. The Morgan fingerprint density at radius 1 is 1.19 bits per heavy atom. The predicted octanol–water partition coefficient (Wildman–Crippen LogP) is 3.28. The van der Waals surface area contributed by atoms with Gasteiger partial charge in [-0.3, -0.25) is 14.9 Å². The molecule has 7 nitrogen and oxygen atoms in total. The first kappa shape index (κ1) is 17.2. The van der Waals surface area contributed by atoms with Gasteiger partial charge in [0.25, 0.3) is 5.91 Å². The molecule has 1 N–H and O–H groups in total. The molecule has 2 aromatic heterocycles. The van der Waals surface area contributed by atoms with Gasteiger partial charge >= 0.3 is 0 Å². The van der Waals surface area contributed by atoms with Gasteiger partial charge in [-0.1, -0.05) is 18.0 Å². The number of rotatable bonds is 4. The van der Waals surface area contributed by atoms with Crippen LogP contribution in [0.15, 0.2) is 22.2 Å². The lowest BCUT2D eigenvalue weighted by molar-refractivity contribution is -0.136. The Balaban J connectivity index is 1.32. The summed E-state index contributed by atoms with van der Waals surface area (Å²) in [5, 5.41) is 9.10. The van der Waals surface area contributed by atoms with Gasteiger partial charge in [-0.2, -0.15) is 0 Å². The summed E-state index contributed by atoms with van der Waals surface area (Å²) in [6.07, 6.45) is 7.79. The zero-order chi connectivity index (χ0) is 17.9. The summed E-state index contributed by atoms with van der Waals surface area (Å²) in [4.78, 5) is 30.7. The number of aromatic nitrogens is 2. The van der Waals surface area contributed by atoms with Crippen LogP contribution in [0.2, 0.25) is 0 Å². The van der Waals surface area contributed by atoms with E-state index in [0.29, 0.717) is 11.0 Å². The summed E-state index contributed by atoms with van der Waals surface area (Å²) < 4.78 is 5.22. The minimum Gasteiger partial charge on any atom is -0.351 e. The zero-order valence-corrected chi connectivity index (χ0v) is 15.3. The summed E-state index contributed by atoms with van der Waals surface area (Å²) >= 11 is 1.35. The second-order valence-corrected chi connectivity index (χ2v) is 7.88. The van der Waals surface area contributed by atoms with Crippen LogP contribution in [0, 0.1) is 5.92 Å². The van der Waals surface area contributed by atoms with Crippen molar-refractivity contribution >= 4 is 28.3 Å². The van der Waals surface area contributed by atoms with Gasteiger partial charge in [0.05, 0.1) is 5.69 Å². The quantitative estimate of drug-likeness (QED) is 0.887. The molecule has 1 aliphatic carbocycles. The van der Waals surface area contributed by atoms with Gasteiger partial charge < -0.3 is 9.42 Å². The third-order valence-electron chi connectivity index (χ3n) is 5.33. The summed E-state index contributed by atoms with van der Waals surface area (Å²) in [7, 11) is 0. The van der Waals surface area contributed by atoms with Crippen molar-refractivity contribution in [3.8, 4) is 0 Å². The van der Waals surface area contributed by atoms with Crippen LogP contribution in [-0.4, -0.2) is 39.9 Å². The lowest BCUT2D eigenvalue weighted by Gasteiger charge is -2.32. The van der Waals surface area contributed by atoms with Crippen LogP contribution in [0.3, 0.4) is 0 Å². The number of piperidine rings is 1. The Labute approximate surface area is 155 Å². The predicted molar refractivity (Wildman–Crippen MR) is 97.1 cm³/mol. The van der Waals surface area contributed by atoms with E-state index in [1.165, 1.54) is 24.2 Å². The molecule has 1 saturated carbocycles. The molecule has 3 heterocycles. The fourth-order valence-electron chi connectivity index (χ4n) is 3.86. The molecule has 0 unspecified atom stereocenters. The molecule has 26 heavy (non-hydrogen) atoms. The molecule has 2 fully saturated rings. The number of thiazole rings is 1. The first-order valence-electron chi connectivity index (χ1n) is 9.17. The van der Waals surface area contributed by atoms with E-state index in [4.69, 9.17) is 4.52 Å². The van der Waals surface area contributed by atoms with Crippen molar-refractivity contribution in [2.24, 2.45) is 5.92 Å². The lowest BCUT2D eigenvalue weighted by Crippen LogP contribution is -2.40.